The zero-order valence-electron chi connectivity index (χ0n) is 13.4. The molecule has 0 radical (unpaired) electrons. The van der Waals surface area contributed by atoms with E-state index in [2.05, 4.69) is 18.7 Å². The van der Waals surface area contributed by atoms with E-state index in [0.717, 1.165) is 25.4 Å². The number of nitrogens with two attached hydrogens (primary N) is 1. The molecule has 4 nitrogen and oxygen atoms in total. The molecular weight excluding hydrogens is 252 g/mol. The summed E-state index contributed by atoms with van der Waals surface area (Å²) < 4.78 is 4.85. The molecule has 4 heteroatoms. The Morgan fingerprint density at radius 2 is 2.05 bits per heavy atom. The Bertz CT molecular complexity index is 284. The summed E-state index contributed by atoms with van der Waals surface area (Å²) in [7, 11) is 1.47. The third-order valence-electron chi connectivity index (χ3n) is 4.60. The highest BCUT2D eigenvalue weighted by Gasteiger charge is 2.33. The van der Waals surface area contributed by atoms with Gasteiger partial charge in [-0.1, -0.05) is 33.1 Å². The van der Waals surface area contributed by atoms with Gasteiger partial charge in [-0.05, 0) is 44.2 Å². The number of carbonyl (C=O) groups excluding carboxylic acids is 1. The minimum atomic E-state index is -0.133. The van der Waals surface area contributed by atoms with Crippen molar-refractivity contribution in [3.63, 3.8) is 0 Å². The van der Waals surface area contributed by atoms with Gasteiger partial charge < -0.3 is 10.5 Å². The van der Waals surface area contributed by atoms with Crippen LogP contribution in [0, 0.1) is 11.8 Å². The van der Waals surface area contributed by atoms with Crippen LogP contribution in [0.5, 0.6) is 0 Å². The van der Waals surface area contributed by atoms with Crippen molar-refractivity contribution >= 4 is 5.97 Å². The maximum atomic E-state index is 11.6. The largest absolute Gasteiger partial charge is 0.468 e. The molecule has 0 aromatic carbocycles. The molecule has 118 valence electrons. The van der Waals surface area contributed by atoms with Crippen LogP contribution in [0.1, 0.15) is 52.4 Å². The average Bonchev–Trinajstić information content (AvgIpc) is 2.47. The fraction of sp³-hybridized carbons (Fsp3) is 0.938. The highest BCUT2D eigenvalue weighted by molar-refractivity contribution is 5.71. The third kappa shape index (κ3) is 5.06. The molecule has 1 saturated carbocycles. The highest BCUT2D eigenvalue weighted by Crippen LogP contribution is 2.34. The fourth-order valence-electron chi connectivity index (χ4n) is 3.57. The van der Waals surface area contributed by atoms with Crippen LogP contribution in [-0.2, 0) is 9.53 Å². The van der Waals surface area contributed by atoms with E-state index < -0.39 is 0 Å². The molecule has 0 aliphatic heterocycles. The average molecular weight is 284 g/mol. The quantitative estimate of drug-likeness (QED) is 0.695. The maximum absolute atomic E-state index is 11.6. The van der Waals surface area contributed by atoms with Crippen molar-refractivity contribution in [3.05, 3.63) is 0 Å². The number of nitrogens with zero attached hydrogens (tertiary/aromatic N) is 1. The van der Waals surface area contributed by atoms with Crippen molar-refractivity contribution in [1.82, 2.24) is 4.90 Å². The van der Waals surface area contributed by atoms with Crippen LogP contribution < -0.4 is 5.73 Å². The van der Waals surface area contributed by atoms with Crippen molar-refractivity contribution in [3.8, 4) is 0 Å². The third-order valence-corrected chi connectivity index (χ3v) is 4.60. The van der Waals surface area contributed by atoms with Crippen molar-refractivity contribution in [2.45, 2.75) is 58.4 Å². The number of hydrogen-bond donors (Lipinski definition) is 1. The predicted octanol–water partition coefficient (Wildman–Crippen LogP) is 2.42. The van der Waals surface area contributed by atoms with Crippen molar-refractivity contribution in [1.29, 1.82) is 0 Å². The van der Waals surface area contributed by atoms with Crippen molar-refractivity contribution in [2.24, 2.45) is 17.6 Å². The molecule has 0 aromatic rings. The molecule has 20 heavy (non-hydrogen) atoms. The number of hydrogen-bond acceptors (Lipinski definition) is 4. The van der Waals surface area contributed by atoms with Crippen LogP contribution in [0.25, 0.3) is 0 Å². The van der Waals surface area contributed by atoms with Crippen LogP contribution in [0.2, 0.25) is 0 Å². The van der Waals surface area contributed by atoms with Gasteiger partial charge in [0.1, 0.15) is 0 Å². The van der Waals surface area contributed by atoms with E-state index in [0.29, 0.717) is 18.5 Å². The second-order valence-electron chi connectivity index (χ2n) is 6.08. The normalized spacial score (nSPS) is 26.8. The summed E-state index contributed by atoms with van der Waals surface area (Å²) >= 11 is 0. The molecule has 1 aliphatic carbocycles. The molecule has 2 N–H and O–H groups in total. The zero-order valence-corrected chi connectivity index (χ0v) is 13.4. The topological polar surface area (TPSA) is 55.6 Å². The molecule has 1 rings (SSSR count). The number of ether oxygens (including phenoxy) is 1. The number of methoxy groups -OCH3 is 1. The van der Waals surface area contributed by atoms with Crippen LogP contribution in [0.4, 0.5) is 0 Å². The summed E-state index contributed by atoms with van der Waals surface area (Å²) in [5, 5.41) is 0. The lowest BCUT2D eigenvalue weighted by Gasteiger charge is -2.42. The Balaban J connectivity index is 2.73. The van der Waals surface area contributed by atoms with E-state index >= 15 is 0 Å². The smallest absolute Gasteiger partial charge is 0.319 e. The minimum Gasteiger partial charge on any atom is -0.468 e. The minimum absolute atomic E-state index is 0.133. The summed E-state index contributed by atoms with van der Waals surface area (Å²) in [5.74, 6) is 1.19. The molecular formula is C16H32N2O2. The first-order valence-corrected chi connectivity index (χ1v) is 8.17. The van der Waals surface area contributed by atoms with Gasteiger partial charge in [-0.15, -0.1) is 0 Å². The van der Waals surface area contributed by atoms with Gasteiger partial charge in [-0.3, -0.25) is 9.69 Å². The summed E-state index contributed by atoms with van der Waals surface area (Å²) in [5.41, 5.74) is 5.97. The SMILES string of the molecule is CCCC1CCC(CN)C(N(CCC)CC(=O)OC)C1. The second kappa shape index (κ2) is 9.35. The van der Waals surface area contributed by atoms with E-state index in [1.807, 2.05) is 0 Å². The Hall–Kier alpha value is -0.610. The van der Waals surface area contributed by atoms with Crippen LogP contribution in [-0.4, -0.2) is 43.7 Å². The summed E-state index contributed by atoms with van der Waals surface area (Å²) in [6.07, 6.45) is 7.29. The second-order valence-corrected chi connectivity index (χ2v) is 6.08. The van der Waals surface area contributed by atoms with Gasteiger partial charge in [-0.25, -0.2) is 0 Å². The molecule has 0 bridgehead atoms. The first kappa shape index (κ1) is 17.4. The number of esters is 1. The molecule has 0 amide bonds. The summed E-state index contributed by atoms with van der Waals surface area (Å²) in [6, 6.07) is 0.448. The van der Waals surface area contributed by atoms with Crippen LogP contribution in [0.15, 0.2) is 0 Å². The molecule has 3 atom stereocenters. The Morgan fingerprint density at radius 3 is 2.60 bits per heavy atom. The number of carbonyl (C=O) groups is 1. The van der Waals surface area contributed by atoms with Gasteiger partial charge in [0.25, 0.3) is 0 Å². The van der Waals surface area contributed by atoms with E-state index in [1.165, 1.54) is 39.2 Å². The molecule has 0 saturated heterocycles. The summed E-state index contributed by atoms with van der Waals surface area (Å²) in [6.45, 7) is 6.50. The van der Waals surface area contributed by atoms with Gasteiger partial charge in [0.2, 0.25) is 0 Å². The van der Waals surface area contributed by atoms with E-state index in [-0.39, 0.29) is 5.97 Å². The lowest BCUT2D eigenvalue weighted by Crippen LogP contribution is -2.49. The standard InChI is InChI=1S/C16H32N2O2/c1-4-6-13-7-8-14(11-17)15(10-13)18(9-5-2)12-16(19)20-3/h13-15H,4-12,17H2,1-3H3. The monoisotopic (exact) mass is 284 g/mol. The van der Waals surface area contributed by atoms with Gasteiger partial charge in [0.15, 0.2) is 0 Å². The van der Waals surface area contributed by atoms with Gasteiger partial charge in [-0.2, -0.15) is 0 Å². The number of rotatable bonds is 8. The van der Waals surface area contributed by atoms with Gasteiger partial charge >= 0.3 is 5.97 Å². The predicted molar refractivity (Wildman–Crippen MR) is 82.5 cm³/mol. The molecule has 1 fully saturated rings. The Kier molecular flexibility index (Phi) is 8.15. The first-order valence-electron chi connectivity index (χ1n) is 8.17. The van der Waals surface area contributed by atoms with Crippen molar-refractivity contribution in [2.75, 3.05) is 26.7 Å². The van der Waals surface area contributed by atoms with Gasteiger partial charge in [0, 0.05) is 6.04 Å². The van der Waals surface area contributed by atoms with Crippen LogP contribution >= 0.6 is 0 Å². The molecule has 1 aliphatic rings. The lowest BCUT2D eigenvalue weighted by molar-refractivity contribution is -0.143. The van der Waals surface area contributed by atoms with Crippen molar-refractivity contribution < 1.29 is 9.53 Å². The Morgan fingerprint density at radius 1 is 1.30 bits per heavy atom. The molecule has 0 spiro atoms. The first-order chi connectivity index (χ1) is 9.65. The summed E-state index contributed by atoms with van der Waals surface area (Å²) in [4.78, 5) is 14.0. The van der Waals surface area contributed by atoms with Crippen LogP contribution in [0.3, 0.4) is 0 Å². The fourth-order valence-corrected chi connectivity index (χ4v) is 3.57. The lowest BCUT2D eigenvalue weighted by atomic mass is 9.76. The Labute approximate surface area is 124 Å². The zero-order chi connectivity index (χ0) is 15.0. The molecule has 0 heterocycles. The highest BCUT2D eigenvalue weighted by atomic mass is 16.5. The van der Waals surface area contributed by atoms with Gasteiger partial charge in [0.05, 0.1) is 13.7 Å². The van der Waals surface area contributed by atoms with E-state index in [4.69, 9.17) is 10.5 Å². The molecule has 0 aromatic heterocycles. The van der Waals surface area contributed by atoms with E-state index in [9.17, 15) is 4.79 Å². The molecule has 3 unspecified atom stereocenters. The van der Waals surface area contributed by atoms with E-state index in [1.54, 1.807) is 0 Å². The maximum Gasteiger partial charge on any atom is 0.319 e.